The van der Waals surface area contributed by atoms with Gasteiger partial charge in [0.15, 0.2) is 4.34 Å². The minimum absolute atomic E-state index is 0.0965. The molecule has 3 rings (SSSR count). The Balaban J connectivity index is 1.73. The lowest BCUT2D eigenvalue weighted by molar-refractivity contribution is -0.115. The van der Waals surface area contributed by atoms with Crippen LogP contribution in [0.4, 0.5) is 5.00 Å². The van der Waals surface area contributed by atoms with E-state index in [0.29, 0.717) is 10.6 Å². The smallest absolute Gasteiger partial charge is 0.238 e. The number of carbonyl (C=O) groups excluding carboxylic acids is 1. The molecule has 1 atom stereocenters. The van der Waals surface area contributed by atoms with Crippen LogP contribution in [0.5, 0.6) is 0 Å². The first kappa shape index (κ1) is 17.4. The van der Waals surface area contributed by atoms with E-state index in [-0.39, 0.29) is 11.2 Å². The van der Waals surface area contributed by atoms with Crippen LogP contribution >= 0.6 is 34.4 Å². The molecule has 0 aromatic carbocycles. The van der Waals surface area contributed by atoms with Crippen molar-refractivity contribution < 1.29 is 4.79 Å². The summed E-state index contributed by atoms with van der Waals surface area (Å²) in [5, 5.41) is 21.8. The van der Waals surface area contributed by atoms with E-state index in [1.165, 1.54) is 34.4 Å². The molecule has 8 heteroatoms. The van der Waals surface area contributed by atoms with Gasteiger partial charge in [-0.25, -0.2) is 0 Å². The highest BCUT2D eigenvalue weighted by molar-refractivity contribution is 8.02. The molecule has 5 nitrogen and oxygen atoms in total. The van der Waals surface area contributed by atoms with Crippen molar-refractivity contribution >= 4 is 45.3 Å². The summed E-state index contributed by atoms with van der Waals surface area (Å²) in [4.78, 5) is 13.8. The molecule has 2 aromatic rings. The van der Waals surface area contributed by atoms with Gasteiger partial charge in [0.1, 0.15) is 16.1 Å². The Hall–Kier alpha value is -1.43. The van der Waals surface area contributed by atoms with Crippen LogP contribution in [0.1, 0.15) is 47.2 Å². The average Bonchev–Trinajstić information content (AvgIpc) is 3.02. The van der Waals surface area contributed by atoms with Crippen molar-refractivity contribution in [2.45, 2.75) is 55.5 Å². The van der Waals surface area contributed by atoms with Crippen LogP contribution < -0.4 is 5.32 Å². The predicted molar refractivity (Wildman–Crippen MR) is 98.9 cm³/mol. The van der Waals surface area contributed by atoms with E-state index in [1.807, 2.05) is 13.8 Å². The SMILES string of the molecule is Cc1nnc(S[C@@H](C)C(=O)Nc2sc3c(c2C#N)CCCCC3)s1. The Morgan fingerprint density at radius 2 is 2.08 bits per heavy atom. The molecular formula is C16H18N4OS3. The molecule has 1 amide bonds. The van der Waals surface area contributed by atoms with Crippen molar-refractivity contribution in [2.75, 3.05) is 5.32 Å². The van der Waals surface area contributed by atoms with Crippen molar-refractivity contribution in [3.05, 3.63) is 21.0 Å². The molecule has 0 fully saturated rings. The minimum Gasteiger partial charge on any atom is -0.316 e. The van der Waals surface area contributed by atoms with E-state index >= 15 is 0 Å². The van der Waals surface area contributed by atoms with Crippen LogP contribution in [0.2, 0.25) is 0 Å². The van der Waals surface area contributed by atoms with Gasteiger partial charge in [0.25, 0.3) is 0 Å². The lowest BCUT2D eigenvalue weighted by Crippen LogP contribution is -2.22. The number of anilines is 1. The summed E-state index contributed by atoms with van der Waals surface area (Å²) in [6.45, 7) is 3.74. The van der Waals surface area contributed by atoms with Gasteiger partial charge in [0.05, 0.1) is 10.8 Å². The highest BCUT2D eigenvalue weighted by atomic mass is 32.2. The summed E-state index contributed by atoms with van der Waals surface area (Å²) >= 11 is 4.45. The van der Waals surface area contributed by atoms with E-state index in [4.69, 9.17) is 0 Å². The fourth-order valence-corrected chi connectivity index (χ4v) is 5.90. The molecule has 0 spiro atoms. The third-order valence-corrected chi connectivity index (χ3v) is 7.15. The van der Waals surface area contributed by atoms with Crippen LogP contribution in [0.25, 0.3) is 0 Å². The molecule has 126 valence electrons. The summed E-state index contributed by atoms with van der Waals surface area (Å²) in [6.07, 6.45) is 5.45. The van der Waals surface area contributed by atoms with Crippen LogP contribution in [-0.4, -0.2) is 21.4 Å². The first-order chi connectivity index (χ1) is 11.6. The van der Waals surface area contributed by atoms with Gasteiger partial charge in [0, 0.05) is 4.88 Å². The van der Waals surface area contributed by atoms with Crippen LogP contribution in [0.15, 0.2) is 4.34 Å². The molecule has 2 aromatic heterocycles. The molecule has 1 aliphatic rings. The van der Waals surface area contributed by atoms with Gasteiger partial charge in [-0.3, -0.25) is 4.79 Å². The number of aromatic nitrogens is 2. The molecule has 0 saturated heterocycles. The number of hydrogen-bond acceptors (Lipinski definition) is 7. The predicted octanol–water partition coefficient (Wildman–Crippen LogP) is 4.17. The fourth-order valence-electron chi connectivity index (χ4n) is 2.69. The van der Waals surface area contributed by atoms with Gasteiger partial charge >= 0.3 is 0 Å². The number of amides is 1. The highest BCUT2D eigenvalue weighted by Gasteiger charge is 2.23. The Morgan fingerprint density at radius 1 is 1.29 bits per heavy atom. The third-order valence-electron chi connectivity index (χ3n) is 3.92. The molecule has 24 heavy (non-hydrogen) atoms. The second-order valence-corrected chi connectivity index (χ2v) is 9.59. The number of carbonyl (C=O) groups is 1. The maximum Gasteiger partial charge on any atom is 0.238 e. The zero-order valence-corrected chi connectivity index (χ0v) is 16.0. The molecule has 0 saturated carbocycles. The van der Waals surface area contributed by atoms with Crippen molar-refractivity contribution in [1.29, 1.82) is 5.26 Å². The number of nitrogens with zero attached hydrogens (tertiary/aromatic N) is 3. The molecule has 0 unspecified atom stereocenters. The van der Waals surface area contributed by atoms with Gasteiger partial charge in [-0.05, 0) is 45.1 Å². The van der Waals surface area contributed by atoms with Gasteiger partial charge in [-0.1, -0.05) is 29.5 Å². The maximum absolute atomic E-state index is 12.5. The molecule has 1 N–H and O–H groups in total. The third kappa shape index (κ3) is 3.79. The van der Waals surface area contributed by atoms with E-state index in [9.17, 15) is 10.1 Å². The van der Waals surface area contributed by atoms with Gasteiger partial charge in [0.2, 0.25) is 5.91 Å². The van der Waals surface area contributed by atoms with Crippen molar-refractivity contribution in [3.8, 4) is 6.07 Å². The number of nitriles is 1. The monoisotopic (exact) mass is 378 g/mol. The van der Waals surface area contributed by atoms with Crippen LogP contribution in [0.3, 0.4) is 0 Å². The maximum atomic E-state index is 12.5. The van der Waals surface area contributed by atoms with Crippen molar-refractivity contribution in [3.63, 3.8) is 0 Å². The summed E-state index contributed by atoms with van der Waals surface area (Å²) in [7, 11) is 0. The zero-order valence-electron chi connectivity index (χ0n) is 13.6. The molecule has 0 bridgehead atoms. The highest BCUT2D eigenvalue weighted by Crippen LogP contribution is 2.37. The van der Waals surface area contributed by atoms with E-state index in [2.05, 4.69) is 21.6 Å². The lowest BCUT2D eigenvalue weighted by atomic mass is 10.1. The quantitative estimate of drug-likeness (QED) is 0.638. The Labute approximate surface area is 153 Å². The Kier molecular flexibility index (Phi) is 5.54. The van der Waals surface area contributed by atoms with Crippen LogP contribution in [-0.2, 0) is 17.6 Å². The first-order valence-electron chi connectivity index (χ1n) is 7.90. The summed E-state index contributed by atoms with van der Waals surface area (Å²) < 4.78 is 0.789. The largest absolute Gasteiger partial charge is 0.316 e. The molecule has 0 radical (unpaired) electrons. The first-order valence-corrected chi connectivity index (χ1v) is 10.4. The fraction of sp³-hybridized carbons (Fsp3) is 0.500. The van der Waals surface area contributed by atoms with E-state index in [1.54, 1.807) is 11.3 Å². The van der Waals surface area contributed by atoms with Gasteiger partial charge in [-0.15, -0.1) is 21.5 Å². The number of rotatable bonds is 4. The average molecular weight is 379 g/mol. The Morgan fingerprint density at radius 3 is 2.79 bits per heavy atom. The lowest BCUT2D eigenvalue weighted by Gasteiger charge is -2.09. The van der Waals surface area contributed by atoms with Crippen molar-refractivity contribution in [2.24, 2.45) is 0 Å². The number of hydrogen-bond donors (Lipinski definition) is 1. The standard InChI is InChI=1S/C16H18N4OS3/c1-9(22-16-20-19-10(2)23-16)14(21)18-15-12(8-17)11-6-4-3-5-7-13(11)24-15/h9H,3-7H2,1-2H3,(H,18,21)/t9-/m0/s1. The molecule has 2 heterocycles. The van der Waals surface area contributed by atoms with Crippen LogP contribution in [0, 0.1) is 18.3 Å². The number of fused-ring (bicyclic) bond motifs is 1. The molecule has 0 aliphatic heterocycles. The summed E-state index contributed by atoms with van der Waals surface area (Å²) in [5.74, 6) is -0.0965. The molecule has 1 aliphatic carbocycles. The van der Waals surface area contributed by atoms with E-state index < -0.39 is 0 Å². The number of aryl methyl sites for hydroxylation is 2. The second kappa shape index (κ2) is 7.64. The number of nitrogens with one attached hydrogen (secondary N) is 1. The summed E-state index contributed by atoms with van der Waals surface area (Å²) in [6, 6.07) is 2.30. The Bertz CT molecular complexity index is 790. The summed E-state index contributed by atoms with van der Waals surface area (Å²) in [5.41, 5.74) is 1.81. The zero-order chi connectivity index (χ0) is 17.1. The normalized spacial score (nSPS) is 15.2. The van der Waals surface area contributed by atoms with Gasteiger partial charge < -0.3 is 5.32 Å². The van der Waals surface area contributed by atoms with Gasteiger partial charge in [-0.2, -0.15) is 5.26 Å². The molecular weight excluding hydrogens is 360 g/mol. The second-order valence-electron chi connectivity index (χ2n) is 5.72. The number of thiophene rings is 1. The van der Waals surface area contributed by atoms with E-state index in [0.717, 1.165) is 40.6 Å². The van der Waals surface area contributed by atoms with Crippen molar-refractivity contribution in [1.82, 2.24) is 10.2 Å². The minimum atomic E-state index is -0.286. The topological polar surface area (TPSA) is 78.7 Å². The number of thioether (sulfide) groups is 1.